The van der Waals surface area contributed by atoms with Gasteiger partial charge in [0.1, 0.15) is 0 Å². The van der Waals surface area contributed by atoms with Crippen LogP contribution < -0.4 is 0 Å². The zero-order valence-electron chi connectivity index (χ0n) is 11.3. The standard InChI is InChI=1S/C16H14N2O2/c1-11-8-13(12-6-4-3-5-7-12)9-14-15(18(19)20)10-17(2)16(11)14/h3-10H,1-2H3. The van der Waals surface area contributed by atoms with Gasteiger partial charge in [0.2, 0.25) is 0 Å². The summed E-state index contributed by atoms with van der Waals surface area (Å²) in [5, 5.41) is 11.9. The quantitative estimate of drug-likeness (QED) is 0.518. The van der Waals surface area contributed by atoms with Crippen molar-refractivity contribution in [2.45, 2.75) is 6.92 Å². The SMILES string of the molecule is Cc1cc(-c2ccccc2)cc2c([N+](=O)[O-])cn(C)c12. The van der Waals surface area contributed by atoms with Gasteiger partial charge in [0.15, 0.2) is 0 Å². The lowest BCUT2D eigenvalue weighted by molar-refractivity contribution is -0.383. The van der Waals surface area contributed by atoms with Gasteiger partial charge >= 0.3 is 0 Å². The first-order valence-corrected chi connectivity index (χ1v) is 6.37. The summed E-state index contributed by atoms with van der Waals surface area (Å²) in [7, 11) is 1.84. The van der Waals surface area contributed by atoms with Gasteiger partial charge in [-0.2, -0.15) is 0 Å². The highest BCUT2D eigenvalue weighted by molar-refractivity contribution is 5.95. The third-order valence-corrected chi connectivity index (χ3v) is 3.55. The third kappa shape index (κ3) is 1.86. The Bertz CT molecular complexity index is 804. The molecule has 0 saturated carbocycles. The van der Waals surface area contributed by atoms with Crippen molar-refractivity contribution in [2.24, 2.45) is 7.05 Å². The molecule has 0 aliphatic carbocycles. The average molecular weight is 266 g/mol. The fourth-order valence-electron chi connectivity index (χ4n) is 2.70. The Kier molecular flexibility index (Phi) is 2.79. The summed E-state index contributed by atoms with van der Waals surface area (Å²) in [5.74, 6) is 0. The van der Waals surface area contributed by atoms with Crippen molar-refractivity contribution in [1.29, 1.82) is 0 Å². The lowest BCUT2D eigenvalue weighted by atomic mass is 10.0. The fraction of sp³-hybridized carbons (Fsp3) is 0.125. The van der Waals surface area contributed by atoms with E-state index in [-0.39, 0.29) is 10.6 Å². The minimum atomic E-state index is -0.323. The number of rotatable bonds is 2. The maximum absolute atomic E-state index is 11.2. The van der Waals surface area contributed by atoms with Crippen LogP contribution in [0.15, 0.2) is 48.7 Å². The van der Waals surface area contributed by atoms with Crippen LogP contribution in [0.1, 0.15) is 5.56 Å². The molecule has 20 heavy (non-hydrogen) atoms. The first kappa shape index (κ1) is 12.4. The summed E-state index contributed by atoms with van der Waals surface area (Å²) in [5.41, 5.74) is 4.18. The molecule has 1 heterocycles. The molecule has 3 aromatic rings. The predicted molar refractivity (Wildman–Crippen MR) is 79.7 cm³/mol. The molecule has 100 valence electrons. The van der Waals surface area contributed by atoms with Gasteiger partial charge < -0.3 is 4.57 Å². The summed E-state index contributed by atoms with van der Waals surface area (Å²) in [6.07, 6.45) is 1.58. The molecular formula is C16H14N2O2. The van der Waals surface area contributed by atoms with Crippen LogP contribution in [-0.2, 0) is 7.05 Å². The minimum absolute atomic E-state index is 0.156. The molecule has 0 bridgehead atoms. The zero-order chi connectivity index (χ0) is 14.3. The summed E-state index contributed by atoms with van der Waals surface area (Å²) in [6, 6.07) is 13.9. The number of fused-ring (bicyclic) bond motifs is 1. The monoisotopic (exact) mass is 266 g/mol. The molecule has 0 amide bonds. The van der Waals surface area contributed by atoms with Gasteiger partial charge in [0, 0.05) is 7.05 Å². The Balaban J connectivity index is 2.33. The number of nitro groups is 1. The maximum atomic E-state index is 11.2. The molecule has 0 N–H and O–H groups in total. The van der Waals surface area contributed by atoms with Gasteiger partial charge in [-0.25, -0.2) is 0 Å². The Hall–Kier alpha value is -2.62. The van der Waals surface area contributed by atoms with E-state index in [2.05, 4.69) is 6.07 Å². The summed E-state index contributed by atoms with van der Waals surface area (Å²) in [4.78, 5) is 10.9. The van der Waals surface area contributed by atoms with Crippen LogP contribution >= 0.6 is 0 Å². The summed E-state index contributed by atoms with van der Waals surface area (Å²) in [6.45, 7) is 1.98. The van der Waals surface area contributed by atoms with Crippen molar-refractivity contribution in [3.05, 3.63) is 64.3 Å². The van der Waals surface area contributed by atoms with Gasteiger partial charge in [-0.3, -0.25) is 10.1 Å². The molecule has 0 atom stereocenters. The van der Waals surface area contributed by atoms with Crippen LogP contribution in [0.5, 0.6) is 0 Å². The lowest BCUT2D eigenvalue weighted by Gasteiger charge is -2.06. The van der Waals surface area contributed by atoms with E-state index in [1.165, 1.54) is 0 Å². The number of aromatic nitrogens is 1. The van der Waals surface area contributed by atoms with Gasteiger partial charge in [-0.15, -0.1) is 0 Å². The predicted octanol–water partition coefficient (Wildman–Crippen LogP) is 4.06. The molecule has 4 nitrogen and oxygen atoms in total. The number of benzene rings is 2. The Labute approximate surface area is 116 Å². The molecule has 0 unspecified atom stereocenters. The fourth-order valence-corrected chi connectivity index (χ4v) is 2.70. The number of hydrogen-bond donors (Lipinski definition) is 0. The Morgan fingerprint density at radius 1 is 1.10 bits per heavy atom. The largest absolute Gasteiger partial charge is 0.344 e. The molecule has 0 radical (unpaired) electrons. The zero-order valence-corrected chi connectivity index (χ0v) is 11.3. The smallest absolute Gasteiger partial charge is 0.294 e. The van der Waals surface area contributed by atoms with E-state index in [0.717, 1.165) is 22.2 Å². The van der Waals surface area contributed by atoms with Crippen molar-refractivity contribution in [3.8, 4) is 11.1 Å². The van der Waals surface area contributed by atoms with Gasteiger partial charge in [0.25, 0.3) is 5.69 Å². The molecule has 1 aromatic heterocycles. The van der Waals surface area contributed by atoms with Crippen molar-refractivity contribution >= 4 is 16.6 Å². The van der Waals surface area contributed by atoms with E-state index in [1.807, 2.05) is 54.9 Å². The van der Waals surface area contributed by atoms with Crippen LogP contribution in [0.4, 0.5) is 5.69 Å². The average Bonchev–Trinajstić information content (AvgIpc) is 2.78. The maximum Gasteiger partial charge on any atom is 0.294 e. The Morgan fingerprint density at radius 3 is 2.45 bits per heavy atom. The van der Waals surface area contributed by atoms with Crippen LogP contribution in [0.2, 0.25) is 0 Å². The topological polar surface area (TPSA) is 48.1 Å². The number of aryl methyl sites for hydroxylation is 2. The number of nitrogens with zero attached hydrogens (tertiary/aromatic N) is 2. The Morgan fingerprint density at radius 2 is 1.80 bits per heavy atom. The summed E-state index contributed by atoms with van der Waals surface area (Å²) < 4.78 is 1.82. The van der Waals surface area contributed by atoms with Crippen LogP contribution in [0.3, 0.4) is 0 Å². The second kappa shape index (κ2) is 4.49. The van der Waals surface area contributed by atoms with E-state index in [0.29, 0.717) is 5.39 Å². The second-order valence-corrected chi connectivity index (χ2v) is 4.94. The molecule has 0 aliphatic rings. The molecular weight excluding hydrogens is 252 g/mol. The highest BCUT2D eigenvalue weighted by atomic mass is 16.6. The van der Waals surface area contributed by atoms with Crippen molar-refractivity contribution in [3.63, 3.8) is 0 Å². The molecule has 0 aliphatic heterocycles. The van der Waals surface area contributed by atoms with Gasteiger partial charge in [0.05, 0.1) is 22.0 Å². The van der Waals surface area contributed by atoms with Crippen LogP contribution in [0, 0.1) is 17.0 Å². The first-order valence-electron chi connectivity index (χ1n) is 6.37. The first-order chi connectivity index (χ1) is 9.58. The lowest BCUT2D eigenvalue weighted by Crippen LogP contribution is -1.88. The van der Waals surface area contributed by atoms with Crippen molar-refractivity contribution < 1.29 is 4.92 Å². The third-order valence-electron chi connectivity index (χ3n) is 3.55. The van der Waals surface area contributed by atoms with Gasteiger partial charge in [-0.05, 0) is 35.7 Å². The highest BCUT2D eigenvalue weighted by Gasteiger charge is 2.18. The minimum Gasteiger partial charge on any atom is -0.344 e. The highest BCUT2D eigenvalue weighted by Crippen LogP contribution is 2.33. The van der Waals surface area contributed by atoms with Crippen molar-refractivity contribution in [2.75, 3.05) is 0 Å². The molecule has 0 fully saturated rings. The molecule has 2 aromatic carbocycles. The van der Waals surface area contributed by atoms with E-state index in [9.17, 15) is 10.1 Å². The van der Waals surface area contributed by atoms with E-state index < -0.39 is 0 Å². The van der Waals surface area contributed by atoms with E-state index in [4.69, 9.17) is 0 Å². The molecule has 0 spiro atoms. The van der Waals surface area contributed by atoms with Crippen LogP contribution in [0.25, 0.3) is 22.0 Å². The normalized spacial score (nSPS) is 10.9. The molecule has 4 heteroatoms. The van der Waals surface area contributed by atoms with Crippen LogP contribution in [-0.4, -0.2) is 9.49 Å². The van der Waals surface area contributed by atoms with Crippen molar-refractivity contribution in [1.82, 2.24) is 4.57 Å². The molecule has 3 rings (SSSR count). The van der Waals surface area contributed by atoms with Gasteiger partial charge in [-0.1, -0.05) is 30.3 Å². The second-order valence-electron chi connectivity index (χ2n) is 4.94. The van der Waals surface area contributed by atoms with E-state index >= 15 is 0 Å². The van der Waals surface area contributed by atoms with E-state index in [1.54, 1.807) is 6.20 Å². The molecule has 0 saturated heterocycles. The number of hydrogen-bond acceptors (Lipinski definition) is 2. The summed E-state index contributed by atoms with van der Waals surface area (Å²) >= 11 is 0.